The summed E-state index contributed by atoms with van der Waals surface area (Å²) < 4.78 is 55.9. The Balaban J connectivity index is 1.69. The molecule has 0 saturated carbocycles. The minimum Gasteiger partial charge on any atom is -0.497 e. The normalized spacial score (nSPS) is 24.4. The van der Waals surface area contributed by atoms with Crippen molar-refractivity contribution in [3.8, 4) is 17.0 Å². The fourth-order valence-corrected chi connectivity index (χ4v) is 4.13. The Morgan fingerprint density at radius 1 is 1.25 bits per heavy atom. The van der Waals surface area contributed by atoms with E-state index in [2.05, 4.69) is 9.97 Å². The standard InChI is InChI=1S/C18H15F3N2O4S/c1-25-10-4-2-3-9(5-10)11-6-15(18(19,20)21)23-17(22-11)28-14-7-12(24)16-26-8-13(14)27-16/h2-6,13-14,16H,7-8H2,1H3/t13-,14-,16+/m1/s1. The maximum absolute atomic E-state index is 13.4. The first kappa shape index (κ1) is 19.2. The minimum absolute atomic E-state index is 0.0700. The number of alkyl halides is 3. The number of nitrogens with zero attached hydrogens (tertiary/aromatic N) is 2. The molecule has 0 radical (unpaired) electrons. The highest BCUT2D eigenvalue weighted by Crippen LogP contribution is 2.38. The lowest BCUT2D eigenvalue weighted by molar-refractivity contribution is -0.151. The molecule has 0 aliphatic carbocycles. The zero-order valence-electron chi connectivity index (χ0n) is 14.6. The Bertz CT molecular complexity index is 909. The summed E-state index contributed by atoms with van der Waals surface area (Å²) in [5.41, 5.74) is -0.465. The van der Waals surface area contributed by atoms with Crippen LogP contribution in [0.15, 0.2) is 35.5 Å². The van der Waals surface area contributed by atoms with Crippen molar-refractivity contribution in [3.05, 3.63) is 36.0 Å². The molecule has 3 atom stereocenters. The number of halogens is 3. The van der Waals surface area contributed by atoms with Crippen molar-refractivity contribution in [1.82, 2.24) is 9.97 Å². The molecule has 0 amide bonds. The number of thioether (sulfide) groups is 1. The van der Waals surface area contributed by atoms with Crippen LogP contribution < -0.4 is 4.74 Å². The zero-order chi connectivity index (χ0) is 19.9. The summed E-state index contributed by atoms with van der Waals surface area (Å²) in [6.07, 6.45) is -5.75. The lowest BCUT2D eigenvalue weighted by atomic mass is 10.1. The second-order valence-corrected chi connectivity index (χ2v) is 7.52. The van der Waals surface area contributed by atoms with Gasteiger partial charge in [-0.25, -0.2) is 9.97 Å². The summed E-state index contributed by atoms with van der Waals surface area (Å²) in [5, 5.41) is -0.479. The smallest absolute Gasteiger partial charge is 0.433 e. The largest absolute Gasteiger partial charge is 0.497 e. The van der Waals surface area contributed by atoms with Crippen LogP contribution in [0, 0.1) is 0 Å². The van der Waals surface area contributed by atoms with Crippen LogP contribution >= 0.6 is 11.8 Å². The van der Waals surface area contributed by atoms with Crippen LogP contribution in [0.4, 0.5) is 13.2 Å². The second-order valence-electron chi connectivity index (χ2n) is 6.32. The third-order valence-corrected chi connectivity index (χ3v) is 5.57. The first-order chi connectivity index (χ1) is 13.3. The number of ether oxygens (including phenoxy) is 3. The van der Waals surface area contributed by atoms with Gasteiger partial charge >= 0.3 is 6.18 Å². The summed E-state index contributed by atoms with van der Waals surface area (Å²) in [5.74, 6) is 0.269. The number of carbonyl (C=O) groups excluding carboxylic acids is 1. The summed E-state index contributed by atoms with van der Waals surface area (Å²) in [4.78, 5) is 19.9. The number of carbonyl (C=O) groups is 1. The zero-order valence-corrected chi connectivity index (χ0v) is 15.4. The van der Waals surface area contributed by atoms with Gasteiger partial charge in [0.2, 0.25) is 6.29 Å². The van der Waals surface area contributed by atoms with Crippen molar-refractivity contribution >= 4 is 17.5 Å². The Morgan fingerprint density at radius 2 is 2.07 bits per heavy atom. The maximum Gasteiger partial charge on any atom is 0.433 e. The van der Waals surface area contributed by atoms with Crippen molar-refractivity contribution < 1.29 is 32.2 Å². The van der Waals surface area contributed by atoms with Crippen molar-refractivity contribution in [2.75, 3.05) is 13.7 Å². The average molecular weight is 412 g/mol. The molecule has 2 bridgehead atoms. The van der Waals surface area contributed by atoms with Gasteiger partial charge in [0.15, 0.2) is 10.9 Å². The molecule has 10 heteroatoms. The first-order valence-corrected chi connectivity index (χ1v) is 9.28. The molecule has 1 aromatic heterocycles. The maximum atomic E-state index is 13.4. The van der Waals surface area contributed by atoms with Gasteiger partial charge in [-0.1, -0.05) is 23.9 Å². The van der Waals surface area contributed by atoms with Gasteiger partial charge in [0.1, 0.15) is 11.4 Å². The number of methoxy groups -OCH3 is 1. The molecule has 1 aromatic carbocycles. The Kier molecular flexibility index (Phi) is 5.02. The fourth-order valence-electron chi connectivity index (χ4n) is 3.02. The van der Waals surface area contributed by atoms with E-state index in [1.807, 2.05) is 0 Å². The highest BCUT2D eigenvalue weighted by Gasteiger charge is 2.44. The fraction of sp³-hybridized carbons (Fsp3) is 0.389. The number of rotatable bonds is 4. The van der Waals surface area contributed by atoms with Crippen LogP contribution in [0.1, 0.15) is 12.1 Å². The molecule has 0 unspecified atom stereocenters. The van der Waals surface area contributed by atoms with E-state index < -0.39 is 23.4 Å². The van der Waals surface area contributed by atoms with Gasteiger partial charge in [0.05, 0.1) is 25.5 Å². The minimum atomic E-state index is -4.63. The average Bonchev–Trinajstić information content (AvgIpc) is 3.11. The van der Waals surface area contributed by atoms with Gasteiger partial charge in [-0.3, -0.25) is 4.79 Å². The number of hydrogen-bond acceptors (Lipinski definition) is 7. The molecule has 3 heterocycles. The molecule has 28 heavy (non-hydrogen) atoms. The third kappa shape index (κ3) is 3.85. The number of aromatic nitrogens is 2. The van der Waals surface area contributed by atoms with E-state index in [0.717, 1.165) is 17.8 Å². The predicted molar refractivity (Wildman–Crippen MR) is 92.9 cm³/mol. The predicted octanol–water partition coefficient (Wildman–Crippen LogP) is 3.35. The van der Waals surface area contributed by atoms with E-state index >= 15 is 0 Å². The van der Waals surface area contributed by atoms with Gasteiger partial charge in [-0.05, 0) is 18.2 Å². The molecule has 2 fully saturated rings. The number of ketones is 1. The number of Topliss-reactive ketones (excluding diaryl/α,β-unsaturated/α-hetero) is 1. The van der Waals surface area contributed by atoms with Crippen LogP contribution in [0.25, 0.3) is 11.3 Å². The van der Waals surface area contributed by atoms with Crippen molar-refractivity contribution in [2.24, 2.45) is 0 Å². The van der Waals surface area contributed by atoms with Gasteiger partial charge in [0, 0.05) is 17.2 Å². The quantitative estimate of drug-likeness (QED) is 0.714. The molecule has 6 nitrogen and oxygen atoms in total. The molecular weight excluding hydrogens is 397 g/mol. The second kappa shape index (κ2) is 7.34. The topological polar surface area (TPSA) is 70.5 Å². The summed E-state index contributed by atoms with van der Waals surface area (Å²) in [7, 11) is 1.47. The van der Waals surface area contributed by atoms with E-state index in [4.69, 9.17) is 14.2 Å². The van der Waals surface area contributed by atoms with Gasteiger partial charge < -0.3 is 14.2 Å². The van der Waals surface area contributed by atoms with Crippen molar-refractivity contribution in [3.63, 3.8) is 0 Å². The summed E-state index contributed by atoms with van der Waals surface area (Å²) in [6, 6.07) is 7.49. The lowest BCUT2D eigenvalue weighted by Gasteiger charge is -2.25. The highest BCUT2D eigenvalue weighted by molar-refractivity contribution is 7.99. The van der Waals surface area contributed by atoms with Crippen LogP contribution in [0.2, 0.25) is 0 Å². The molecule has 2 aliphatic rings. The summed E-state index contributed by atoms with van der Waals surface area (Å²) >= 11 is 0.997. The number of benzene rings is 1. The SMILES string of the molecule is COc1cccc(-c2cc(C(F)(F)F)nc(S[C@@H]3CC(=O)[C@H]4OC[C@H]3O4)n2)c1. The van der Waals surface area contributed by atoms with E-state index in [9.17, 15) is 18.0 Å². The van der Waals surface area contributed by atoms with Crippen LogP contribution in [0.3, 0.4) is 0 Å². The third-order valence-electron chi connectivity index (χ3n) is 4.41. The van der Waals surface area contributed by atoms with E-state index in [1.165, 1.54) is 7.11 Å². The highest BCUT2D eigenvalue weighted by atomic mass is 32.2. The van der Waals surface area contributed by atoms with Crippen LogP contribution in [-0.4, -0.2) is 47.1 Å². The molecule has 4 rings (SSSR count). The Hall–Kier alpha value is -2.17. The van der Waals surface area contributed by atoms with Crippen molar-refractivity contribution in [2.45, 2.75) is 35.4 Å². The van der Waals surface area contributed by atoms with E-state index in [0.29, 0.717) is 11.3 Å². The van der Waals surface area contributed by atoms with Gasteiger partial charge in [-0.15, -0.1) is 0 Å². The van der Waals surface area contributed by atoms with Crippen LogP contribution in [0.5, 0.6) is 5.75 Å². The monoisotopic (exact) mass is 412 g/mol. The molecular formula is C18H15F3N2O4S. The number of fused-ring (bicyclic) bond motifs is 2. The van der Waals surface area contributed by atoms with Gasteiger partial charge in [0.25, 0.3) is 0 Å². The molecule has 2 saturated heterocycles. The molecule has 0 N–H and O–H groups in total. The molecule has 0 spiro atoms. The summed E-state index contributed by atoms with van der Waals surface area (Å²) in [6.45, 7) is 0.218. The van der Waals surface area contributed by atoms with Crippen LogP contribution in [-0.2, 0) is 20.4 Å². The Labute approximate surface area is 162 Å². The van der Waals surface area contributed by atoms with Crippen molar-refractivity contribution in [1.29, 1.82) is 0 Å². The Morgan fingerprint density at radius 3 is 2.82 bits per heavy atom. The molecule has 148 valence electrons. The lowest BCUT2D eigenvalue weighted by Crippen LogP contribution is -2.37. The van der Waals surface area contributed by atoms with Gasteiger partial charge in [-0.2, -0.15) is 13.2 Å². The molecule has 2 aromatic rings. The van der Waals surface area contributed by atoms with E-state index in [1.54, 1.807) is 24.3 Å². The van der Waals surface area contributed by atoms with E-state index in [-0.39, 0.29) is 35.8 Å². The first-order valence-electron chi connectivity index (χ1n) is 8.40. The number of hydrogen-bond donors (Lipinski definition) is 0. The molecule has 2 aliphatic heterocycles.